The molecule has 0 fully saturated rings. The Bertz CT molecular complexity index is 1390. The molecule has 3 heterocycles. The first-order chi connectivity index (χ1) is 16.4. The average molecular weight is 528 g/mol. The standard InChI is InChI=1S/C24H19Cl2N5OS2/c1-14-22(19-13-18(21-8-5-11-34-21)29-31(19)24(27)33)23(30(28-14)16-6-3-2-4-7-16)32-20-10-9-15(25)12-17(20)26/h2-12,19H,13H2,1H3,(H2,27,33)/t19-/m1/s1. The van der Waals surface area contributed by atoms with Crippen molar-refractivity contribution in [2.24, 2.45) is 10.8 Å². The minimum Gasteiger partial charge on any atom is -0.437 e. The summed E-state index contributed by atoms with van der Waals surface area (Å²) < 4.78 is 8.18. The van der Waals surface area contributed by atoms with Crippen molar-refractivity contribution >= 4 is 57.6 Å². The Kier molecular flexibility index (Phi) is 6.31. The molecule has 172 valence electrons. The fraction of sp³-hybridized carbons (Fsp3) is 0.125. The molecule has 10 heteroatoms. The maximum absolute atomic E-state index is 6.45. The zero-order chi connectivity index (χ0) is 23.8. The van der Waals surface area contributed by atoms with E-state index in [0.717, 1.165) is 27.5 Å². The average Bonchev–Trinajstić information content (AvgIpc) is 3.55. The van der Waals surface area contributed by atoms with E-state index in [4.69, 9.17) is 56.1 Å². The Morgan fingerprint density at radius 2 is 1.94 bits per heavy atom. The van der Waals surface area contributed by atoms with Crippen LogP contribution in [0.2, 0.25) is 10.0 Å². The van der Waals surface area contributed by atoms with Crippen molar-refractivity contribution < 1.29 is 4.74 Å². The Morgan fingerprint density at radius 1 is 1.15 bits per heavy atom. The minimum atomic E-state index is -0.284. The zero-order valence-corrected chi connectivity index (χ0v) is 21.1. The van der Waals surface area contributed by atoms with Crippen LogP contribution in [0.4, 0.5) is 0 Å². The van der Waals surface area contributed by atoms with Crippen molar-refractivity contribution in [3.8, 4) is 17.3 Å². The molecule has 0 bridgehead atoms. The third-order valence-corrected chi connectivity index (χ3v) is 7.08. The number of hydrazone groups is 1. The fourth-order valence-corrected chi connectivity index (χ4v) is 5.27. The van der Waals surface area contributed by atoms with Crippen molar-refractivity contribution in [2.45, 2.75) is 19.4 Å². The lowest BCUT2D eigenvalue weighted by atomic mass is 10.0. The van der Waals surface area contributed by atoms with E-state index in [1.807, 2.05) is 54.8 Å². The summed E-state index contributed by atoms with van der Waals surface area (Å²) in [6.45, 7) is 1.94. The van der Waals surface area contributed by atoms with E-state index < -0.39 is 0 Å². The number of halogens is 2. The second-order valence-corrected chi connectivity index (χ2v) is 9.86. The summed E-state index contributed by atoms with van der Waals surface area (Å²) in [5, 5.41) is 14.3. The summed E-state index contributed by atoms with van der Waals surface area (Å²) in [7, 11) is 0. The predicted octanol–water partition coefficient (Wildman–Crippen LogP) is 6.74. The van der Waals surface area contributed by atoms with Crippen LogP contribution in [0, 0.1) is 6.92 Å². The Balaban J connectivity index is 1.64. The molecule has 1 atom stereocenters. The highest BCUT2D eigenvalue weighted by atomic mass is 35.5. The molecule has 2 aromatic carbocycles. The molecule has 6 nitrogen and oxygen atoms in total. The van der Waals surface area contributed by atoms with Gasteiger partial charge in [-0.3, -0.25) is 0 Å². The number of nitrogens with zero attached hydrogens (tertiary/aromatic N) is 4. The highest BCUT2D eigenvalue weighted by molar-refractivity contribution is 7.80. The third kappa shape index (κ3) is 4.30. The van der Waals surface area contributed by atoms with Gasteiger partial charge in [-0.05, 0) is 60.9 Å². The number of para-hydroxylation sites is 1. The lowest BCUT2D eigenvalue weighted by Gasteiger charge is -2.23. The van der Waals surface area contributed by atoms with Crippen molar-refractivity contribution in [3.63, 3.8) is 0 Å². The van der Waals surface area contributed by atoms with E-state index in [-0.39, 0.29) is 11.2 Å². The molecular formula is C24H19Cl2N5OS2. The van der Waals surface area contributed by atoms with Crippen molar-refractivity contribution in [3.05, 3.63) is 92.2 Å². The maximum atomic E-state index is 6.45. The number of hydrogen-bond donors (Lipinski definition) is 1. The van der Waals surface area contributed by atoms with Gasteiger partial charge in [0.25, 0.3) is 0 Å². The van der Waals surface area contributed by atoms with Gasteiger partial charge in [0.05, 0.1) is 38.6 Å². The van der Waals surface area contributed by atoms with Gasteiger partial charge in [-0.1, -0.05) is 47.5 Å². The van der Waals surface area contributed by atoms with Crippen LogP contribution in [-0.4, -0.2) is 25.6 Å². The van der Waals surface area contributed by atoms with Crippen molar-refractivity contribution in [1.82, 2.24) is 14.8 Å². The van der Waals surface area contributed by atoms with Crippen LogP contribution in [0.15, 0.2) is 71.1 Å². The second kappa shape index (κ2) is 9.38. The van der Waals surface area contributed by atoms with E-state index in [2.05, 4.69) is 0 Å². The monoisotopic (exact) mass is 527 g/mol. The predicted molar refractivity (Wildman–Crippen MR) is 142 cm³/mol. The molecule has 5 rings (SSSR count). The van der Waals surface area contributed by atoms with E-state index in [1.165, 1.54) is 0 Å². The smallest absolute Gasteiger partial charge is 0.228 e. The summed E-state index contributed by atoms with van der Waals surface area (Å²) in [4.78, 5) is 1.07. The lowest BCUT2D eigenvalue weighted by molar-refractivity contribution is 0.355. The Labute approximate surface area is 216 Å². The molecule has 4 aromatic rings. The van der Waals surface area contributed by atoms with E-state index >= 15 is 0 Å². The molecule has 0 saturated carbocycles. The summed E-state index contributed by atoms with van der Waals surface area (Å²) >= 11 is 19.5. The van der Waals surface area contributed by atoms with Crippen LogP contribution in [0.5, 0.6) is 11.6 Å². The molecule has 0 aliphatic carbocycles. The first-order valence-corrected chi connectivity index (χ1v) is 12.4. The number of benzene rings is 2. The number of aryl methyl sites for hydroxylation is 1. The molecular weight excluding hydrogens is 509 g/mol. The largest absolute Gasteiger partial charge is 0.437 e. The summed E-state index contributed by atoms with van der Waals surface area (Å²) in [5.74, 6) is 0.977. The van der Waals surface area contributed by atoms with Crippen molar-refractivity contribution in [1.29, 1.82) is 0 Å². The summed E-state index contributed by atoms with van der Waals surface area (Å²) in [6, 6.07) is 18.6. The molecule has 0 spiro atoms. The highest BCUT2D eigenvalue weighted by Gasteiger charge is 2.37. The summed E-state index contributed by atoms with van der Waals surface area (Å²) in [6.07, 6.45) is 0.601. The first kappa shape index (κ1) is 22.9. The van der Waals surface area contributed by atoms with Gasteiger partial charge in [-0.15, -0.1) is 11.3 Å². The number of rotatable bonds is 5. The number of aromatic nitrogens is 2. The number of nitrogens with two attached hydrogens (primary N) is 1. The van der Waals surface area contributed by atoms with Gasteiger partial charge in [0.15, 0.2) is 5.11 Å². The SMILES string of the molecule is Cc1nn(-c2ccccc2)c(Oc2ccc(Cl)cc2Cl)c1[C@H]1CC(c2cccs2)=NN1C(N)=S. The molecule has 0 radical (unpaired) electrons. The van der Waals surface area contributed by atoms with Gasteiger partial charge in [0.2, 0.25) is 5.88 Å². The molecule has 1 aliphatic heterocycles. The molecule has 1 aliphatic rings. The molecule has 0 amide bonds. The van der Waals surface area contributed by atoms with Crippen molar-refractivity contribution in [2.75, 3.05) is 0 Å². The molecule has 34 heavy (non-hydrogen) atoms. The van der Waals surface area contributed by atoms with Gasteiger partial charge in [0.1, 0.15) is 5.75 Å². The highest BCUT2D eigenvalue weighted by Crippen LogP contribution is 2.43. The normalized spacial score (nSPS) is 15.4. The lowest BCUT2D eigenvalue weighted by Crippen LogP contribution is -2.32. The third-order valence-electron chi connectivity index (χ3n) is 5.44. The zero-order valence-electron chi connectivity index (χ0n) is 18.0. The van der Waals surface area contributed by atoms with Gasteiger partial charge >= 0.3 is 0 Å². The maximum Gasteiger partial charge on any atom is 0.228 e. The number of thiocarbonyl (C=S) groups is 1. The van der Waals surface area contributed by atoms with Crippen LogP contribution in [0.3, 0.4) is 0 Å². The molecule has 2 N–H and O–H groups in total. The van der Waals surface area contributed by atoms with E-state index in [9.17, 15) is 0 Å². The quantitative estimate of drug-likeness (QED) is 0.291. The Hall–Kier alpha value is -2.91. The topological polar surface area (TPSA) is 68.7 Å². The second-order valence-electron chi connectivity index (χ2n) is 7.66. The Morgan fingerprint density at radius 3 is 2.62 bits per heavy atom. The van der Waals surface area contributed by atoms with Crippen LogP contribution >= 0.6 is 46.8 Å². The fourth-order valence-electron chi connectivity index (χ4n) is 3.94. The number of ether oxygens (including phenoxy) is 1. The van der Waals surface area contributed by atoms with Crippen LogP contribution in [0.1, 0.15) is 28.6 Å². The van der Waals surface area contributed by atoms with Crippen LogP contribution in [-0.2, 0) is 0 Å². The summed E-state index contributed by atoms with van der Waals surface area (Å²) in [5.41, 5.74) is 9.47. The van der Waals surface area contributed by atoms with Gasteiger partial charge in [-0.2, -0.15) is 10.2 Å². The number of hydrogen-bond acceptors (Lipinski definition) is 5. The number of thiophene rings is 1. The molecule has 0 saturated heterocycles. The molecule has 0 unspecified atom stereocenters. The van der Waals surface area contributed by atoms with Gasteiger partial charge in [-0.25, -0.2) is 9.69 Å². The minimum absolute atomic E-state index is 0.180. The van der Waals surface area contributed by atoms with Crippen LogP contribution in [0.25, 0.3) is 5.69 Å². The van der Waals surface area contributed by atoms with E-state index in [1.54, 1.807) is 39.2 Å². The van der Waals surface area contributed by atoms with Gasteiger partial charge < -0.3 is 10.5 Å². The molecule has 2 aromatic heterocycles. The van der Waals surface area contributed by atoms with E-state index in [0.29, 0.717) is 28.1 Å². The first-order valence-electron chi connectivity index (χ1n) is 10.4. The van der Waals surface area contributed by atoms with Gasteiger partial charge in [0, 0.05) is 11.4 Å². The van der Waals surface area contributed by atoms with Crippen LogP contribution < -0.4 is 10.5 Å².